The number of nitrogens with one attached hydrogen (secondary N) is 1. The van der Waals surface area contributed by atoms with Crippen LogP contribution in [0, 0.1) is 0 Å². The van der Waals surface area contributed by atoms with E-state index < -0.39 is 6.61 Å². The molecule has 1 aromatic heterocycles. The van der Waals surface area contributed by atoms with Gasteiger partial charge in [0, 0.05) is 25.4 Å². The lowest BCUT2D eigenvalue weighted by Crippen LogP contribution is -2.23. The maximum atomic E-state index is 12.0. The van der Waals surface area contributed by atoms with Crippen LogP contribution in [0.3, 0.4) is 0 Å². The summed E-state index contributed by atoms with van der Waals surface area (Å²) in [5, 5.41) is 2.80. The van der Waals surface area contributed by atoms with E-state index >= 15 is 0 Å². The molecule has 0 aliphatic carbocycles. The van der Waals surface area contributed by atoms with Crippen LogP contribution in [0.5, 0.6) is 5.75 Å². The highest BCUT2D eigenvalue weighted by atomic mass is 19.3. The lowest BCUT2D eigenvalue weighted by Gasteiger charge is -2.07. The Kier molecular flexibility index (Phi) is 5.82. The van der Waals surface area contributed by atoms with Gasteiger partial charge in [-0.2, -0.15) is 8.78 Å². The molecule has 4 nitrogen and oxygen atoms in total. The summed E-state index contributed by atoms with van der Waals surface area (Å²) in [4.78, 5) is 15.7. The highest BCUT2D eigenvalue weighted by Crippen LogP contribution is 2.15. The van der Waals surface area contributed by atoms with Crippen LogP contribution >= 0.6 is 0 Å². The Bertz CT molecular complexity index is 589. The summed E-state index contributed by atoms with van der Waals surface area (Å²) in [6.07, 6.45) is 4.23. The van der Waals surface area contributed by atoms with Gasteiger partial charge in [0.1, 0.15) is 5.75 Å². The van der Waals surface area contributed by atoms with Crippen LogP contribution in [0.25, 0.3) is 0 Å². The average molecular weight is 306 g/mol. The number of aryl methyl sites for hydroxylation is 1. The minimum Gasteiger partial charge on any atom is -0.435 e. The zero-order valence-corrected chi connectivity index (χ0v) is 11.8. The second-order valence-corrected chi connectivity index (χ2v) is 4.66. The summed E-state index contributed by atoms with van der Waals surface area (Å²) in [5.74, 6) is 0.0385. The number of hydrogen-bond donors (Lipinski definition) is 1. The second kappa shape index (κ2) is 8.07. The van der Waals surface area contributed by atoms with Crippen LogP contribution in [-0.4, -0.2) is 17.5 Å². The lowest BCUT2D eigenvalue weighted by atomic mass is 10.1. The zero-order valence-electron chi connectivity index (χ0n) is 11.8. The molecule has 22 heavy (non-hydrogen) atoms. The van der Waals surface area contributed by atoms with Crippen molar-refractivity contribution in [3.8, 4) is 5.75 Å². The van der Waals surface area contributed by atoms with E-state index in [0.29, 0.717) is 19.4 Å². The normalized spacial score (nSPS) is 10.5. The Balaban J connectivity index is 1.74. The third-order valence-corrected chi connectivity index (χ3v) is 3.00. The van der Waals surface area contributed by atoms with Crippen molar-refractivity contribution in [2.24, 2.45) is 0 Å². The maximum absolute atomic E-state index is 12.0. The van der Waals surface area contributed by atoms with Crippen LogP contribution in [0.4, 0.5) is 8.78 Å². The number of nitrogens with zero attached hydrogens (tertiary/aromatic N) is 1. The summed E-state index contributed by atoms with van der Waals surface area (Å²) in [6, 6.07) is 9.97. The highest BCUT2D eigenvalue weighted by molar-refractivity contribution is 5.76. The van der Waals surface area contributed by atoms with E-state index in [1.807, 2.05) is 12.1 Å². The Morgan fingerprint density at radius 3 is 2.59 bits per heavy atom. The number of rotatable bonds is 7. The van der Waals surface area contributed by atoms with Crippen molar-refractivity contribution in [1.29, 1.82) is 0 Å². The largest absolute Gasteiger partial charge is 0.435 e. The van der Waals surface area contributed by atoms with Crippen LogP contribution in [-0.2, 0) is 17.8 Å². The maximum Gasteiger partial charge on any atom is 0.387 e. The van der Waals surface area contributed by atoms with Crippen molar-refractivity contribution in [3.05, 3.63) is 59.9 Å². The summed E-state index contributed by atoms with van der Waals surface area (Å²) < 4.78 is 28.3. The van der Waals surface area contributed by atoms with Gasteiger partial charge in [0.15, 0.2) is 0 Å². The quantitative estimate of drug-likeness (QED) is 0.855. The first-order chi connectivity index (χ1) is 10.6. The summed E-state index contributed by atoms with van der Waals surface area (Å²) in [6.45, 7) is -2.39. The van der Waals surface area contributed by atoms with Crippen LogP contribution in [0.15, 0.2) is 48.8 Å². The van der Waals surface area contributed by atoms with E-state index in [0.717, 1.165) is 11.1 Å². The second-order valence-electron chi connectivity index (χ2n) is 4.66. The van der Waals surface area contributed by atoms with Gasteiger partial charge in [-0.15, -0.1) is 0 Å². The van der Waals surface area contributed by atoms with Gasteiger partial charge in [-0.3, -0.25) is 9.78 Å². The molecule has 116 valence electrons. The Labute approximate surface area is 127 Å². The van der Waals surface area contributed by atoms with Crippen molar-refractivity contribution in [2.45, 2.75) is 26.0 Å². The summed E-state index contributed by atoms with van der Waals surface area (Å²) >= 11 is 0. The summed E-state index contributed by atoms with van der Waals surface area (Å²) in [7, 11) is 0. The molecule has 6 heteroatoms. The third-order valence-electron chi connectivity index (χ3n) is 3.00. The number of pyridine rings is 1. The summed E-state index contributed by atoms with van der Waals surface area (Å²) in [5.41, 5.74) is 1.82. The van der Waals surface area contributed by atoms with Crippen molar-refractivity contribution < 1.29 is 18.3 Å². The van der Waals surface area contributed by atoms with Crippen LogP contribution in [0.1, 0.15) is 17.5 Å². The van der Waals surface area contributed by atoms with E-state index in [1.54, 1.807) is 24.5 Å². The van der Waals surface area contributed by atoms with Gasteiger partial charge < -0.3 is 10.1 Å². The number of ether oxygens (including phenoxy) is 1. The molecule has 0 unspecified atom stereocenters. The Hall–Kier alpha value is -2.50. The number of amides is 1. The monoisotopic (exact) mass is 306 g/mol. The smallest absolute Gasteiger partial charge is 0.387 e. The molecule has 0 fully saturated rings. The molecule has 1 N–H and O–H groups in total. The third kappa shape index (κ3) is 5.47. The molecule has 0 atom stereocenters. The van der Waals surface area contributed by atoms with E-state index in [-0.39, 0.29) is 11.7 Å². The standard InChI is InChI=1S/C16H16F2N2O2/c17-16(18)22-14-6-3-12(4-7-14)5-8-15(21)20-11-13-2-1-9-19-10-13/h1-4,6-7,9-10,16H,5,8,11H2,(H,20,21). The van der Waals surface area contributed by atoms with Gasteiger partial charge in [-0.1, -0.05) is 18.2 Å². The minimum atomic E-state index is -2.83. The predicted octanol–water partition coefficient (Wildman–Crippen LogP) is 2.93. The molecule has 1 heterocycles. The molecule has 2 rings (SSSR count). The molecule has 0 spiro atoms. The number of benzene rings is 1. The molecular formula is C16H16F2N2O2. The molecular weight excluding hydrogens is 290 g/mol. The lowest BCUT2D eigenvalue weighted by molar-refractivity contribution is -0.121. The fraction of sp³-hybridized carbons (Fsp3) is 0.250. The molecule has 0 bridgehead atoms. The highest BCUT2D eigenvalue weighted by Gasteiger charge is 2.05. The molecule has 0 saturated carbocycles. The van der Waals surface area contributed by atoms with Gasteiger partial charge in [0.25, 0.3) is 0 Å². The van der Waals surface area contributed by atoms with E-state index in [9.17, 15) is 13.6 Å². The van der Waals surface area contributed by atoms with Gasteiger partial charge >= 0.3 is 6.61 Å². The topological polar surface area (TPSA) is 51.2 Å². The molecule has 0 radical (unpaired) electrons. The van der Waals surface area contributed by atoms with Gasteiger partial charge in [-0.05, 0) is 35.7 Å². The Morgan fingerprint density at radius 1 is 1.18 bits per heavy atom. The van der Waals surface area contributed by atoms with E-state index in [4.69, 9.17) is 0 Å². The number of hydrogen-bond acceptors (Lipinski definition) is 3. The first-order valence-electron chi connectivity index (χ1n) is 6.83. The van der Waals surface area contributed by atoms with Crippen molar-refractivity contribution >= 4 is 5.91 Å². The number of aromatic nitrogens is 1. The zero-order chi connectivity index (χ0) is 15.8. The average Bonchev–Trinajstić information content (AvgIpc) is 2.53. The van der Waals surface area contributed by atoms with Gasteiger partial charge in [0.2, 0.25) is 5.91 Å². The predicted molar refractivity (Wildman–Crippen MR) is 77.5 cm³/mol. The van der Waals surface area contributed by atoms with E-state index in [1.165, 1.54) is 12.1 Å². The molecule has 2 aromatic rings. The molecule has 0 saturated heterocycles. The van der Waals surface area contributed by atoms with Crippen molar-refractivity contribution in [1.82, 2.24) is 10.3 Å². The fourth-order valence-corrected chi connectivity index (χ4v) is 1.89. The number of carbonyl (C=O) groups is 1. The fourth-order valence-electron chi connectivity index (χ4n) is 1.89. The SMILES string of the molecule is O=C(CCc1ccc(OC(F)F)cc1)NCc1cccnc1. The van der Waals surface area contributed by atoms with Crippen molar-refractivity contribution in [2.75, 3.05) is 0 Å². The van der Waals surface area contributed by atoms with Gasteiger partial charge in [-0.25, -0.2) is 0 Å². The first kappa shape index (κ1) is 15.9. The Morgan fingerprint density at radius 2 is 1.95 bits per heavy atom. The molecule has 0 aliphatic rings. The molecule has 1 aromatic carbocycles. The number of carbonyl (C=O) groups excluding carboxylic acids is 1. The van der Waals surface area contributed by atoms with Gasteiger partial charge in [0.05, 0.1) is 0 Å². The molecule has 0 aliphatic heterocycles. The van der Waals surface area contributed by atoms with Crippen LogP contribution in [0.2, 0.25) is 0 Å². The van der Waals surface area contributed by atoms with Crippen LogP contribution < -0.4 is 10.1 Å². The number of alkyl halides is 2. The first-order valence-corrected chi connectivity index (χ1v) is 6.83. The van der Waals surface area contributed by atoms with Crippen molar-refractivity contribution in [3.63, 3.8) is 0 Å². The molecule has 1 amide bonds. The van der Waals surface area contributed by atoms with E-state index in [2.05, 4.69) is 15.0 Å². The number of halogens is 2. The minimum absolute atomic E-state index is 0.0724.